The van der Waals surface area contributed by atoms with E-state index < -0.39 is 0 Å². The first-order valence-corrected chi connectivity index (χ1v) is 4.89. The minimum atomic E-state index is 0.483. The molecule has 0 aliphatic heterocycles. The van der Waals surface area contributed by atoms with Gasteiger partial charge in [-0.2, -0.15) is 0 Å². The van der Waals surface area contributed by atoms with Gasteiger partial charge in [0.15, 0.2) is 6.20 Å². The van der Waals surface area contributed by atoms with Gasteiger partial charge >= 0.3 is 0 Å². The van der Waals surface area contributed by atoms with Gasteiger partial charge in [0.05, 0.1) is 6.57 Å². The van der Waals surface area contributed by atoms with E-state index in [2.05, 4.69) is 24.8 Å². The van der Waals surface area contributed by atoms with Gasteiger partial charge in [-0.15, -0.1) is 0 Å². The predicted octanol–water partition coefficient (Wildman–Crippen LogP) is 3.41. The van der Waals surface area contributed by atoms with Gasteiger partial charge in [0.2, 0.25) is 0 Å². The topological polar surface area (TPSA) is 4.36 Å². The molecule has 0 unspecified atom stereocenters. The molecule has 2 bridgehead atoms. The third-order valence-corrected chi connectivity index (χ3v) is 3.85. The van der Waals surface area contributed by atoms with E-state index in [1.165, 1.54) is 18.4 Å². The average Bonchev–Trinajstić information content (AvgIpc) is 2.14. The molecule has 0 heterocycles. The molecule has 3 aliphatic rings. The van der Waals surface area contributed by atoms with Gasteiger partial charge in [0.25, 0.3) is 0 Å². The smallest absolute Gasteiger partial charge is 0.154 e. The van der Waals surface area contributed by atoms with Crippen molar-refractivity contribution in [2.45, 2.75) is 26.7 Å². The van der Waals surface area contributed by atoms with Crippen molar-refractivity contribution in [2.75, 3.05) is 0 Å². The molecular formula is C12H15N. The van der Waals surface area contributed by atoms with Gasteiger partial charge in [-0.05, 0) is 30.1 Å². The van der Waals surface area contributed by atoms with Crippen molar-refractivity contribution in [2.24, 2.45) is 17.3 Å². The molecular weight excluding hydrogens is 158 g/mol. The molecule has 1 fully saturated rings. The number of hydrogen-bond donors (Lipinski definition) is 0. The first kappa shape index (κ1) is 8.56. The van der Waals surface area contributed by atoms with Crippen molar-refractivity contribution in [3.05, 3.63) is 35.3 Å². The van der Waals surface area contributed by atoms with Gasteiger partial charge in [0.1, 0.15) is 0 Å². The molecule has 0 aromatic carbocycles. The SMILES string of the molecule is [C-]#[N+]/C=C/C1=CC[C@H]2C[C@@H]1C2(C)C. The highest BCUT2D eigenvalue weighted by molar-refractivity contribution is 5.32. The molecule has 0 radical (unpaired) electrons. The summed E-state index contributed by atoms with van der Waals surface area (Å²) in [5.41, 5.74) is 1.87. The van der Waals surface area contributed by atoms with E-state index in [1.807, 2.05) is 6.08 Å². The fourth-order valence-electron chi connectivity index (χ4n) is 2.71. The van der Waals surface area contributed by atoms with Crippen molar-refractivity contribution in [1.29, 1.82) is 0 Å². The number of fused-ring (bicyclic) bond motifs is 1. The fourth-order valence-corrected chi connectivity index (χ4v) is 2.71. The van der Waals surface area contributed by atoms with Crippen LogP contribution in [0.2, 0.25) is 0 Å². The second kappa shape index (κ2) is 2.73. The Kier molecular flexibility index (Phi) is 1.80. The van der Waals surface area contributed by atoms with Crippen molar-refractivity contribution < 1.29 is 0 Å². The largest absolute Gasteiger partial charge is 0.246 e. The standard InChI is InChI=1S/C12H15N/c1-12(2)10-5-4-9(6-7-13-3)11(12)8-10/h4,6-7,10-11H,5,8H2,1-2H3/b7-6+/t10-,11-/m0/s1. The Hall–Kier alpha value is -1.03. The Morgan fingerprint density at radius 3 is 2.92 bits per heavy atom. The number of rotatable bonds is 1. The van der Waals surface area contributed by atoms with E-state index in [0.717, 1.165) is 5.92 Å². The molecule has 0 amide bonds. The highest BCUT2D eigenvalue weighted by atomic mass is 14.6. The summed E-state index contributed by atoms with van der Waals surface area (Å²) in [6.45, 7) is 11.4. The normalized spacial score (nSPS) is 35.0. The van der Waals surface area contributed by atoms with Crippen molar-refractivity contribution >= 4 is 0 Å². The maximum atomic E-state index is 6.71. The van der Waals surface area contributed by atoms with Gasteiger partial charge in [-0.3, -0.25) is 0 Å². The lowest BCUT2D eigenvalue weighted by atomic mass is 9.49. The first-order chi connectivity index (χ1) is 6.16. The Bertz CT molecular complexity index is 315. The molecule has 0 aromatic rings. The minimum Gasteiger partial charge on any atom is -0.246 e. The highest BCUT2D eigenvalue weighted by Crippen LogP contribution is 2.59. The molecule has 1 heteroatoms. The van der Waals surface area contributed by atoms with E-state index in [4.69, 9.17) is 6.57 Å². The Morgan fingerprint density at radius 2 is 2.38 bits per heavy atom. The summed E-state index contributed by atoms with van der Waals surface area (Å²) in [7, 11) is 0. The van der Waals surface area contributed by atoms with Crippen LogP contribution < -0.4 is 0 Å². The van der Waals surface area contributed by atoms with Crippen molar-refractivity contribution in [3.8, 4) is 0 Å². The van der Waals surface area contributed by atoms with Crippen LogP contribution in [-0.2, 0) is 0 Å². The monoisotopic (exact) mass is 173 g/mol. The average molecular weight is 173 g/mol. The zero-order chi connectivity index (χ0) is 9.47. The minimum absolute atomic E-state index is 0.483. The summed E-state index contributed by atoms with van der Waals surface area (Å²) >= 11 is 0. The van der Waals surface area contributed by atoms with Gasteiger partial charge in [0, 0.05) is 0 Å². The molecule has 2 atom stereocenters. The molecule has 0 N–H and O–H groups in total. The highest BCUT2D eigenvalue weighted by Gasteiger charge is 2.50. The number of allylic oxidation sites excluding steroid dienone is 3. The van der Waals surface area contributed by atoms with Gasteiger partial charge in [-0.1, -0.05) is 31.6 Å². The maximum absolute atomic E-state index is 6.71. The Labute approximate surface area is 80.0 Å². The molecule has 68 valence electrons. The van der Waals surface area contributed by atoms with E-state index >= 15 is 0 Å². The van der Waals surface area contributed by atoms with Crippen LogP contribution in [-0.4, -0.2) is 0 Å². The molecule has 0 spiro atoms. The Balaban J connectivity index is 2.20. The zero-order valence-electron chi connectivity index (χ0n) is 8.25. The summed E-state index contributed by atoms with van der Waals surface area (Å²) in [6.07, 6.45) is 8.43. The second-order valence-corrected chi connectivity index (χ2v) is 4.69. The fraction of sp³-hybridized carbons (Fsp3) is 0.583. The molecule has 1 nitrogen and oxygen atoms in total. The van der Waals surface area contributed by atoms with E-state index in [9.17, 15) is 0 Å². The van der Waals surface area contributed by atoms with Crippen LogP contribution in [0.1, 0.15) is 26.7 Å². The number of nitrogens with zero attached hydrogens (tertiary/aromatic N) is 1. The molecule has 13 heavy (non-hydrogen) atoms. The predicted molar refractivity (Wildman–Crippen MR) is 53.8 cm³/mol. The van der Waals surface area contributed by atoms with Crippen LogP contribution in [0.15, 0.2) is 23.9 Å². The molecule has 3 aliphatic carbocycles. The van der Waals surface area contributed by atoms with Gasteiger partial charge < -0.3 is 0 Å². The summed E-state index contributed by atoms with van der Waals surface area (Å²) in [4.78, 5) is 3.26. The lowest BCUT2D eigenvalue weighted by molar-refractivity contribution is -0.00328. The van der Waals surface area contributed by atoms with Crippen LogP contribution >= 0.6 is 0 Å². The summed E-state index contributed by atoms with van der Waals surface area (Å²) in [5.74, 6) is 1.60. The van der Waals surface area contributed by atoms with Crippen LogP contribution in [0.4, 0.5) is 0 Å². The number of hydrogen-bond acceptors (Lipinski definition) is 0. The van der Waals surface area contributed by atoms with Crippen LogP contribution in [0, 0.1) is 23.8 Å². The molecule has 0 aromatic heterocycles. The lowest BCUT2D eigenvalue weighted by Crippen LogP contribution is -2.47. The van der Waals surface area contributed by atoms with Crippen molar-refractivity contribution in [1.82, 2.24) is 0 Å². The maximum Gasteiger partial charge on any atom is 0.154 e. The van der Waals surface area contributed by atoms with E-state index in [1.54, 1.807) is 6.20 Å². The summed E-state index contributed by atoms with van der Waals surface area (Å²) in [5, 5.41) is 0. The lowest BCUT2D eigenvalue weighted by Gasteiger charge is -2.56. The van der Waals surface area contributed by atoms with Crippen molar-refractivity contribution in [3.63, 3.8) is 0 Å². The molecule has 1 saturated carbocycles. The van der Waals surface area contributed by atoms with Crippen LogP contribution in [0.25, 0.3) is 4.85 Å². The van der Waals surface area contributed by atoms with E-state index in [-0.39, 0.29) is 0 Å². The second-order valence-electron chi connectivity index (χ2n) is 4.69. The first-order valence-electron chi connectivity index (χ1n) is 4.89. The van der Waals surface area contributed by atoms with Gasteiger partial charge in [-0.25, -0.2) is 4.85 Å². The molecule has 3 rings (SSSR count). The quantitative estimate of drug-likeness (QED) is 0.535. The van der Waals surface area contributed by atoms with E-state index in [0.29, 0.717) is 11.3 Å². The zero-order valence-corrected chi connectivity index (χ0v) is 8.25. The summed E-state index contributed by atoms with van der Waals surface area (Å²) < 4.78 is 0. The third-order valence-electron chi connectivity index (χ3n) is 3.85. The third kappa shape index (κ3) is 1.13. The van der Waals surface area contributed by atoms with Crippen LogP contribution in [0.5, 0.6) is 0 Å². The molecule has 0 saturated heterocycles. The van der Waals surface area contributed by atoms with Crippen LogP contribution in [0.3, 0.4) is 0 Å². The summed E-state index contributed by atoms with van der Waals surface area (Å²) in [6, 6.07) is 0. The Morgan fingerprint density at radius 1 is 1.62 bits per heavy atom.